The van der Waals surface area contributed by atoms with E-state index in [1.807, 2.05) is 11.8 Å². The molecule has 0 radical (unpaired) electrons. The Bertz CT molecular complexity index is 265. The molecule has 1 heterocycles. The average Bonchev–Trinajstić information content (AvgIpc) is 2.71. The van der Waals surface area contributed by atoms with Gasteiger partial charge in [0.2, 0.25) is 0 Å². The van der Waals surface area contributed by atoms with Crippen LogP contribution in [0.3, 0.4) is 0 Å². The maximum absolute atomic E-state index is 5.54. The van der Waals surface area contributed by atoms with Gasteiger partial charge < -0.3 is 10.6 Å². The van der Waals surface area contributed by atoms with Gasteiger partial charge in [0.15, 0.2) is 0 Å². The number of nitrogens with two attached hydrogens (primary N) is 1. The van der Waals surface area contributed by atoms with Gasteiger partial charge in [0, 0.05) is 24.5 Å². The third kappa shape index (κ3) is 1.98. The number of hydrogen-bond donors (Lipinski definition) is 1. The Kier molecular flexibility index (Phi) is 2.76. The molecule has 1 fully saturated rings. The minimum Gasteiger partial charge on any atom is -0.361 e. The van der Waals surface area contributed by atoms with E-state index < -0.39 is 0 Å². The largest absolute Gasteiger partial charge is 0.361 e. The van der Waals surface area contributed by atoms with Crippen LogP contribution < -0.4 is 10.6 Å². The molecule has 0 aromatic heterocycles. The molecule has 0 atom stereocenters. The molecule has 70 valence electrons. The molecular formula is C10H14N2S. The van der Waals surface area contributed by atoms with Crippen molar-refractivity contribution in [3.05, 3.63) is 29.8 Å². The molecule has 2 N–H and O–H groups in total. The van der Waals surface area contributed by atoms with Crippen molar-refractivity contribution < 1.29 is 0 Å². The molecule has 0 unspecified atom stereocenters. The van der Waals surface area contributed by atoms with E-state index in [4.69, 9.17) is 5.73 Å². The summed E-state index contributed by atoms with van der Waals surface area (Å²) in [5, 5.41) is 0. The van der Waals surface area contributed by atoms with Crippen LogP contribution in [0.5, 0.6) is 0 Å². The van der Waals surface area contributed by atoms with Crippen molar-refractivity contribution in [1.82, 2.24) is 0 Å². The minimum atomic E-state index is 0.634. The van der Waals surface area contributed by atoms with Crippen molar-refractivity contribution >= 4 is 17.4 Å². The normalized spacial score (nSPS) is 16.5. The number of anilines is 1. The Balaban J connectivity index is 2.12. The van der Waals surface area contributed by atoms with E-state index >= 15 is 0 Å². The van der Waals surface area contributed by atoms with Crippen LogP contribution in [-0.2, 0) is 6.54 Å². The quantitative estimate of drug-likeness (QED) is 0.776. The highest BCUT2D eigenvalue weighted by molar-refractivity contribution is 7.99. The SMILES string of the molecule is NCc1ccc(N2CCSC2)cc1. The Labute approximate surface area is 83.1 Å². The standard InChI is InChI=1S/C10H14N2S/c11-7-9-1-3-10(4-2-9)12-5-6-13-8-12/h1-4H,5-8,11H2. The van der Waals surface area contributed by atoms with Gasteiger partial charge in [-0.05, 0) is 17.7 Å². The highest BCUT2D eigenvalue weighted by atomic mass is 32.2. The predicted octanol–water partition coefficient (Wildman–Crippen LogP) is 1.66. The zero-order valence-electron chi connectivity index (χ0n) is 7.57. The first-order chi connectivity index (χ1) is 6.40. The fourth-order valence-electron chi connectivity index (χ4n) is 1.46. The van der Waals surface area contributed by atoms with Gasteiger partial charge in [-0.2, -0.15) is 0 Å². The van der Waals surface area contributed by atoms with Crippen LogP contribution in [0.2, 0.25) is 0 Å². The van der Waals surface area contributed by atoms with E-state index in [9.17, 15) is 0 Å². The van der Waals surface area contributed by atoms with Crippen molar-refractivity contribution in [1.29, 1.82) is 0 Å². The smallest absolute Gasteiger partial charge is 0.0640 e. The van der Waals surface area contributed by atoms with Crippen molar-refractivity contribution in [2.75, 3.05) is 23.1 Å². The summed E-state index contributed by atoms with van der Waals surface area (Å²) in [5.41, 5.74) is 8.06. The second kappa shape index (κ2) is 4.03. The summed E-state index contributed by atoms with van der Waals surface area (Å²) in [4.78, 5) is 2.39. The summed E-state index contributed by atoms with van der Waals surface area (Å²) in [6.45, 7) is 1.81. The Morgan fingerprint density at radius 1 is 1.31 bits per heavy atom. The van der Waals surface area contributed by atoms with Gasteiger partial charge in [0.25, 0.3) is 0 Å². The third-order valence-electron chi connectivity index (χ3n) is 2.29. The first kappa shape index (κ1) is 8.91. The lowest BCUT2D eigenvalue weighted by Crippen LogP contribution is -2.17. The number of hydrogen-bond acceptors (Lipinski definition) is 3. The van der Waals surface area contributed by atoms with E-state index in [2.05, 4.69) is 29.2 Å². The lowest BCUT2D eigenvalue weighted by Gasteiger charge is -2.16. The first-order valence-corrected chi connectivity index (χ1v) is 5.67. The van der Waals surface area contributed by atoms with E-state index in [-0.39, 0.29) is 0 Å². The van der Waals surface area contributed by atoms with Crippen LogP contribution in [-0.4, -0.2) is 18.2 Å². The molecule has 1 aliphatic heterocycles. The highest BCUT2D eigenvalue weighted by Gasteiger charge is 2.11. The summed E-state index contributed by atoms with van der Waals surface area (Å²) in [6.07, 6.45) is 0. The van der Waals surface area contributed by atoms with Gasteiger partial charge in [0.1, 0.15) is 0 Å². The Morgan fingerprint density at radius 3 is 2.62 bits per heavy atom. The molecule has 2 rings (SSSR count). The fraction of sp³-hybridized carbons (Fsp3) is 0.400. The van der Waals surface area contributed by atoms with E-state index in [0.717, 1.165) is 5.88 Å². The van der Waals surface area contributed by atoms with Crippen molar-refractivity contribution in [2.24, 2.45) is 5.73 Å². The predicted molar refractivity (Wildman–Crippen MR) is 59.0 cm³/mol. The summed E-state index contributed by atoms with van der Waals surface area (Å²) in [7, 11) is 0. The summed E-state index contributed by atoms with van der Waals surface area (Å²) < 4.78 is 0. The second-order valence-corrected chi connectivity index (χ2v) is 4.25. The average molecular weight is 194 g/mol. The van der Waals surface area contributed by atoms with Crippen LogP contribution in [0.1, 0.15) is 5.56 Å². The molecule has 0 bridgehead atoms. The second-order valence-electron chi connectivity index (χ2n) is 3.17. The molecule has 0 spiro atoms. The van der Waals surface area contributed by atoms with Gasteiger partial charge in [-0.1, -0.05) is 12.1 Å². The monoisotopic (exact) mass is 194 g/mol. The Morgan fingerprint density at radius 2 is 2.08 bits per heavy atom. The van der Waals surface area contributed by atoms with Crippen LogP contribution >= 0.6 is 11.8 Å². The zero-order chi connectivity index (χ0) is 9.10. The number of benzene rings is 1. The van der Waals surface area contributed by atoms with Gasteiger partial charge in [-0.25, -0.2) is 0 Å². The van der Waals surface area contributed by atoms with Crippen molar-refractivity contribution in [2.45, 2.75) is 6.54 Å². The van der Waals surface area contributed by atoms with Crippen LogP contribution in [0.4, 0.5) is 5.69 Å². The molecule has 1 aromatic rings. The molecule has 2 nitrogen and oxygen atoms in total. The van der Waals surface area contributed by atoms with Crippen LogP contribution in [0.25, 0.3) is 0 Å². The van der Waals surface area contributed by atoms with Gasteiger partial charge >= 0.3 is 0 Å². The molecule has 1 aliphatic rings. The first-order valence-electron chi connectivity index (χ1n) is 4.52. The molecular weight excluding hydrogens is 180 g/mol. The summed E-state index contributed by atoms with van der Waals surface area (Å²) in [5.74, 6) is 2.38. The van der Waals surface area contributed by atoms with Crippen molar-refractivity contribution in [3.63, 3.8) is 0 Å². The van der Waals surface area contributed by atoms with Gasteiger partial charge in [-0.3, -0.25) is 0 Å². The highest BCUT2D eigenvalue weighted by Crippen LogP contribution is 2.22. The molecule has 1 saturated heterocycles. The number of rotatable bonds is 2. The topological polar surface area (TPSA) is 29.3 Å². The minimum absolute atomic E-state index is 0.634. The Hall–Kier alpha value is -0.670. The third-order valence-corrected chi connectivity index (χ3v) is 3.26. The molecule has 1 aromatic carbocycles. The fourth-order valence-corrected chi connectivity index (χ4v) is 2.44. The van der Waals surface area contributed by atoms with Gasteiger partial charge in [0.05, 0.1) is 5.88 Å². The van der Waals surface area contributed by atoms with Crippen LogP contribution in [0, 0.1) is 0 Å². The van der Waals surface area contributed by atoms with Crippen LogP contribution in [0.15, 0.2) is 24.3 Å². The molecule has 0 amide bonds. The zero-order valence-corrected chi connectivity index (χ0v) is 8.39. The number of thioether (sulfide) groups is 1. The molecule has 13 heavy (non-hydrogen) atoms. The maximum atomic E-state index is 5.54. The lowest BCUT2D eigenvalue weighted by atomic mass is 10.2. The maximum Gasteiger partial charge on any atom is 0.0640 e. The molecule has 0 aliphatic carbocycles. The molecule has 3 heteroatoms. The van der Waals surface area contributed by atoms with Gasteiger partial charge in [-0.15, -0.1) is 11.8 Å². The summed E-state index contributed by atoms with van der Waals surface area (Å²) >= 11 is 1.99. The van der Waals surface area contributed by atoms with Crippen molar-refractivity contribution in [3.8, 4) is 0 Å². The molecule has 0 saturated carbocycles. The van der Waals surface area contributed by atoms with E-state index in [1.165, 1.54) is 23.5 Å². The lowest BCUT2D eigenvalue weighted by molar-refractivity contribution is 0.989. The summed E-state index contributed by atoms with van der Waals surface area (Å²) in [6, 6.07) is 8.54. The number of nitrogens with zero attached hydrogens (tertiary/aromatic N) is 1. The van der Waals surface area contributed by atoms with E-state index in [0.29, 0.717) is 6.54 Å². The van der Waals surface area contributed by atoms with E-state index in [1.54, 1.807) is 0 Å².